The molecule has 0 atom stereocenters. The molecule has 0 unspecified atom stereocenters. The highest BCUT2D eigenvalue weighted by atomic mass is 16.5. The number of nitrogens with zero attached hydrogens (tertiary/aromatic N) is 2. The van der Waals surface area contributed by atoms with Gasteiger partial charge in [0, 0.05) is 24.0 Å². The van der Waals surface area contributed by atoms with Crippen molar-refractivity contribution in [2.45, 2.75) is 6.54 Å². The number of fused-ring (bicyclic) bond motifs is 2. The number of hydrogen-bond donors (Lipinski definition) is 2. The number of H-pyrrole nitrogens is 1. The Morgan fingerprint density at radius 1 is 1.24 bits per heavy atom. The zero-order valence-corrected chi connectivity index (χ0v) is 14.0. The van der Waals surface area contributed by atoms with Crippen molar-refractivity contribution in [1.29, 1.82) is 0 Å². The molecular formula is C19H18N4O2. The molecule has 2 N–H and O–H groups in total. The van der Waals surface area contributed by atoms with Crippen molar-refractivity contribution in [1.82, 2.24) is 19.9 Å². The second-order valence-corrected chi connectivity index (χ2v) is 5.89. The molecule has 2 aromatic heterocycles. The lowest BCUT2D eigenvalue weighted by molar-refractivity contribution is 0.0945. The van der Waals surface area contributed by atoms with Crippen molar-refractivity contribution in [3.8, 4) is 5.75 Å². The van der Waals surface area contributed by atoms with E-state index in [1.807, 2.05) is 60.1 Å². The average molecular weight is 334 g/mol. The van der Waals surface area contributed by atoms with Crippen molar-refractivity contribution in [3.05, 3.63) is 60.0 Å². The van der Waals surface area contributed by atoms with Crippen molar-refractivity contribution in [2.75, 3.05) is 7.11 Å². The van der Waals surface area contributed by atoms with Gasteiger partial charge in [0.05, 0.1) is 24.7 Å². The number of amides is 1. The third kappa shape index (κ3) is 2.71. The summed E-state index contributed by atoms with van der Waals surface area (Å²) in [5, 5.41) is 3.89. The lowest BCUT2D eigenvalue weighted by Crippen LogP contribution is -2.24. The van der Waals surface area contributed by atoms with E-state index in [1.165, 1.54) is 0 Å². The topological polar surface area (TPSA) is 71.9 Å². The summed E-state index contributed by atoms with van der Waals surface area (Å²) in [4.78, 5) is 20.2. The second-order valence-electron chi connectivity index (χ2n) is 5.89. The summed E-state index contributed by atoms with van der Waals surface area (Å²) in [5.74, 6) is 1.40. The molecule has 0 aliphatic carbocycles. The quantitative estimate of drug-likeness (QED) is 0.603. The molecule has 0 spiro atoms. The maximum atomic E-state index is 12.5. The van der Waals surface area contributed by atoms with Gasteiger partial charge in [-0.05, 0) is 30.3 Å². The first-order chi connectivity index (χ1) is 12.2. The average Bonchev–Trinajstić information content (AvgIpc) is 3.20. The predicted molar refractivity (Wildman–Crippen MR) is 96.7 cm³/mol. The number of para-hydroxylation sites is 2. The molecule has 2 aromatic carbocycles. The SMILES string of the molecule is COc1ccc2cc(C(=O)NCc3nc4ccccc4n3C)[nH]c2c1. The van der Waals surface area contributed by atoms with E-state index in [4.69, 9.17) is 4.74 Å². The summed E-state index contributed by atoms with van der Waals surface area (Å²) < 4.78 is 7.20. The van der Waals surface area contributed by atoms with Gasteiger partial charge in [-0.15, -0.1) is 0 Å². The van der Waals surface area contributed by atoms with E-state index < -0.39 is 0 Å². The number of aryl methyl sites for hydroxylation is 1. The van der Waals surface area contributed by atoms with Crippen LogP contribution in [-0.2, 0) is 13.6 Å². The number of imidazole rings is 1. The number of ether oxygens (including phenoxy) is 1. The molecule has 25 heavy (non-hydrogen) atoms. The van der Waals surface area contributed by atoms with Gasteiger partial charge in [-0.25, -0.2) is 4.98 Å². The van der Waals surface area contributed by atoms with Crippen LogP contribution in [0, 0.1) is 0 Å². The first-order valence-electron chi connectivity index (χ1n) is 8.01. The van der Waals surface area contributed by atoms with Gasteiger partial charge in [-0.3, -0.25) is 4.79 Å². The second kappa shape index (κ2) is 5.98. The molecule has 0 saturated carbocycles. The maximum absolute atomic E-state index is 12.5. The molecule has 4 aromatic rings. The van der Waals surface area contributed by atoms with E-state index >= 15 is 0 Å². The molecule has 6 heteroatoms. The van der Waals surface area contributed by atoms with Crippen molar-refractivity contribution >= 4 is 27.8 Å². The van der Waals surface area contributed by atoms with Crippen LogP contribution in [0.3, 0.4) is 0 Å². The van der Waals surface area contributed by atoms with Crippen LogP contribution in [0.15, 0.2) is 48.5 Å². The van der Waals surface area contributed by atoms with Crippen LogP contribution in [0.2, 0.25) is 0 Å². The van der Waals surface area contributed by atoms with Crippen molar-refractivity contribution in [2.24, 2.45) is 7.05 Å². The number of carbonyl (C=O) groups is 1. The summed E-state index contributed by atoms with van der Waals surface area (Å²) in [5.41, 5.74) is 3.35. The number of methoxy groups -OCH3 is 1. The molecule has 6 nitrogen and oxygen atoms in total. The van der Waals surface area contributed by atoms with Crippen LogP contribution in [0.5, 0.6) is 5.75 Å². The maximum Gasteiger partial charge on any atom is 0.268 e. The van der Waals surface area contributed by atoms with E-state index in [9.17, 15) is 4.79 Å². The Morgan fingerprint density at radius 2 is 2.08 bits per heavy atom. The van der Waals surface area contributed by atoms with Gasteiger partial charge < -0.3 is 19.6 Å². The molecule has 1 amide bonds. The highest BCUT2D eigenvalue weighted by molar-refractivity contribution is 5.98. The minimum atomic E-state index is -0.165. The summed E-state index contributed by atoms with van der Waals surface area (Å²) in [6.45, 7) is 0.364. The summed E-state index contributed by atoms with van der Waals surface area (Å²) in [6.07, 6.45) is 0. The normalized spacial score (nSPS) is 11.1. The van der Waals surface area contributed by atoms with E-state index in [1.54, 1.807) is 7.11 Å². The van der Waals surface area contributed by atoms with Crippen LogP contribution in [0.25, 0.3) is 21.9 Å². The van der Waals surface area contributed by atoms with Gasteiger partial charge in [0.2, 0.25) is 0 Å². The smallest absolute Gasteiger partial charge is 0.268 e. The predicted octanol–water partition coefficient (Wildman–Crippen LogP) is 2.99. The van der Waals surface area contributed by atoms with E-state index in [0.717, 1.165) is 33.5 Å². The number of rotatable bonds is 4. The highest BCUT2D eigenvalue weighted by Gasteiger charge is 2.12. The van der Waals surface area contributed by atoms with Crippen LogP contribution in [0.1, 0.15) is 16.3 Å². The van der Waals surface area contributed by atoms with Crippen LogP contribution in [-0.4, -0.2) is 27.6 Å². The zero-order valence-electron chi connectivity index (χ0n) is 14.0. The van der Waals surface area contributed by atoms with Gasteiger partial charge in [0.25, 0.3) is 5.91 Å². The zero-order chi connectivity index (χ0) is 17.4. The highest BCUT2D eigenvalue weighted by Crippen LogP contribution is 2.21. The fraction of sp³-hybridized carbons (Fsp3) is 0.158. The van der Waals surface area contributed by atoms with Gasteiger partial charge in [-0.1, -0.05) is 12.1 Å². The van der Waals surface area contributed by atoms with Gasteiger partial charge in [0.15, 0.2) is 0 Å². The number of aromatic nitrogens is 3. The Labute approximate surface area is 144 Å². The molecule has 0 aliphatic rings. The largest absolute Gasteiger partial charge is 0.497 e. The Bertz CT molecular complexity index is 1080. The third-order valence-corrected chi connectivity index (χ3v) is 4.36. The molecule has 0 saturated heterocycles. The standard InChI is InChI=1S/C19H18N4O2/c1-23-17-6-4-3-5-14(17)22-18(23)11-20-19(24)16-9-12-7-8-13(25-2)10-15(12)21-16/h3-10,21H,11H2,1-2H3,(H,20,24). The fourth-order valence-corrected chi connectivity index (χ4v) is 2.96. The van der Waals surface area contributed by atoms with Crippen molar-refractivity contribution in [3.63, 3.8) is 0 Å². The van der Waals surface area contributed by atoms with Crippen molar-refractivity contribution < 1.29 is 9.53 Å². The molecule has 126 valence electrons. The summed E-state index contributed by atoms with van der Waals surface area (Å²) in [6, 6.07) is 15.4. The van der Waals surface area contributed by atoms with Gasteiger partial charge in [-0.2, -0.15) is 0 Å². The molecule has 0 fully saturated rings. The molecule has 0 bridgehead atoms. The van der Waals surface area contributed by atoms with Crippen LogP contribution < -0.4 is 10.1 Å². The molecule has 4 rings (SSSR count). The van der Waals surface area contributed by atoms with E-state index in [0.29, 0.717) is 12.2 Å². The van der Waals surface area contributed by atoms with Gasteiger partial charge in [0.1, 0.15) is 17.3 Å². The minimum absolute atomic E-state index is 0.165. The molecule has 2 heterocycles. The Kier molecular flexibility index (Phi) is 3.65. The Balaban J connectivity index is 1.54. The monoisotopic (exact) mass is 334 g/mol. The summed E-state index contributed by atoms with van der Waals surface area (Å²) >= 11 is 0. The Morgan fingerprint density at radius 3 is 2.88 bits per heavy atom. The van der Waals surface area contributed by atoms with E-state index in [2.05, 4.69) is 15.3 Å². The lowest BCUT2D eigenvalue weighted by atomic mass is 10.2. The molecular weight excluding hydrogens is 316 g/mol. The van der Waals surface area contributed by atoms with Gasteiger partial charge >= 0.3 is 0 Å². The molecule has 0 radical (unpaired) electrons. The lowest BCUT2D eigenvalue weighted by Gasteiger charge is -2.04. The molecule has 0 aliphatic heterocycles. The summed E-state index contributed by atoms with van der Waals surface area (Å²) in [7, 11) is 3.57. The minimum Gasteiger partial charge on any atom is -0.497 e. The fourth-order valence-electron chi connectivity index (χ4n) is 2.96. The number of hydrogen-bond acceptors (Lipinski definition) is 3. The first-order valence-corrected chi connectivity index (χ1v) is 8.01. The third-order valence-electron chi connectivity index (χ3n) is 4.36. The number of aromatic amines is 1. The van der Waals surface area contributed by atoms with E-state index in [-0.39, 0.29) is 5.91 Å². The number of carbonyl (C=O) groups excluding carboxylic acids is 1. The van der Waals surface area contributed by atoms with Crippen LogP contribution in [0.4, 0.5) is 0 Å². The van der Waals surface area contributed by atoms with Crippen LogP contribution >= 0.6 is 0 Å². The number of benzene rings is 2. The first kappa shape index (κ1) is 15.3. The number of nitrogens with one attached hydrogen (secondary N) is 2. The Hall–Kier alpha value is -3.28.